The van der Waals surface area contributed by atoms with Crippen molar-refractivity contribution in [1.29, 1.82) is 0 Å². The molecule has 3 unspecified atom stereocenters. The smallest absolute Gasteiger partial charge is 0.416 e. The standard InChI is InChI=1S/C20H18F3NO6S/c21-20(22,23)11-4-6-12(7-5-11)31(27,28)24-13-8-9-16-18(13)19-14(29-10-17(25)26)2-1-3-15(19)30-16/h1-7,13,16,18,24H,8-10H2,(H,25,26). The second-order valence-corrected chi connectivity index (χ2v) is 9.07. The fourth-order valence-electron chi connectivity index (χ4n) is 4.09. The molecule has 166 valence electrons. The lowest BCUT2D eigenvalue weighted by Gasteiger charge is -2.21. The number of nitrogens with one attached hydrogen (secondary N) is 1. The van der Waals surface area contributed by atoms with Gasteiger partial charge in [-0.1, -0.05) is 6.07 Å². The van der Waals surface area contributed by atoms with E-state index in [0.717, 1.165) is 24.3 Å². The minimum Gasteiger partial charge on any atom is -0.489 e. The van der Waals surface area contributed by atoms with Crippen molar-refractivity contribution in [2.75, 3.05) is 6.61 Å². The summed E-state index contributed by atoms with van der Waals surface area (Å²) in [7, 11) is -4.09. The van der Waals surface area contributed by atoms with Crippen LogP contribution in [-0.4, -0.2) is 38.2 Å². The van der Waals surface area contributed by atoms with E-state index >= 15 is 0 Å². The first kappa shape index (κ1) is 21.4. The monoisotopic (exact) mass is 457 g/mol. The van der Waals surface area contributed by atoms with Gasteiger partial charge in [-0.2, -0.15) is 13.2 Å². The molecule has 0 aromatic heterocycles. The van der Waals surface area contributed by atoms with Gasteiger partial charge in [0, 0.05) is 17.5 Å². The first-order valence-corrected chi connectivity index (χ1v) is 10.9. The van der Waals surface area contributed by atoms with Crippen molar-refractivity contribution in [3.05, 3.63) is 53.6 Å². The van der Waals surface area contributed by atoms with Crippen molar-refractivity contribution in [1.82, 2.24) is 4.72 Å². The Hall–Kier alpha value is -2.79. The quantitative estimate of drug-likeness (QED) is 0.691. The summed E-state index contributed by atoms with van der Waals surface area (Å²) >= 11 is 0. The Balaban J connectivity index is 1.58. The predicted molar refractivity (Wildman–Crippen MR) is 102 cm³/mol. The molecule has 2 aliphatic rings. The Labute approximate surface area is 175 Å². The van der Waals surface area contributed by atoms with Crippen molar-refractivity contribution in [2.24, 2.45) is 0 Å². The number of carboxylic acid groups (broad SMARTS) is 1. The van der Waals surface area contributed by atoms with Gasteiger partial charge in [0.2, 0.25) is 10.0 Å². The molecule has 7 nitrogen and oxygen atoms in total. The van der Waals surface area contributed by atoms with E-state index in [1.165, 1.54) is 0 Å². The summed E-state index contributed by atoms with van der Waals surface area (Å²) in [5.74, 6) is -0.771. The molecule has 3 atom stereocenters. The fourth-order valence-corrected chi connectivity index (χ4v) is 5.38. The van der Waals surface area contributed by atoms with Crippen LogP contribution in [0, 0.1) is 0 Å². The largest absolute Gasteiger partial charge is 0.489 e. The third-order valence-electron chi connectivity index (χ3n) is 5.38. The zero-order valence-electron chi connectivity index (χ0n) is 15.9. The molecule has 1 aliphatic carbocycles. The van der Waals surface area contributed by atoms with E-state index < -0.39 is 46.3 Å². The van der Waals surface area contributed by atoms with Crippen LogP contribution in [0.4, 0.5) is 13.2 Å². The van der Waals surface area contributed by atoms with Crippen LogP contribution in [-0.2, 0) is 21.0 Å². The molecule has 0 radical (unpaired) electrons. The highest BCUT2D eigenvalue weighted by molar-refractivity contribution is 7.89. The van der Waals surface area contributed by atoms with Gasteiger partial charge >= 0.3 is 12.1 Å². The Bertz CT molecular complexity index is 1100. The third kappa shape index (κ3) is 4.19. The second-order valence-electron chi connectivity index (χ2n) is 7.36. The number of alkyl halides is 3. The van der Waals surface area contributed by atoms with E-state index in [0.29, 0.717) is 29.9 Å². The van der Waals surface area contributed by atoms with Gasteiger partial charge < -0.3 is 14.6 Å². The summed E-state index contributed by atoms with van der Waals surface area (Å²) in [4.78, 5) is 10.6. The lowest BCUT2D eigenvalue weighted by molar-refractivity contribution is -0.139. The SMILES string of the molecule is O=C(O)COc1cccc2c1C1C(NS(=O)(=O)c3ccc(C(F)(F)F)cc3)CCC1O2. The lowest BCUT2D eigenvalue weighted by Crippen LogP contribution is -2.37. The molecule has 4 rings (SSSR count). The molecule has 31 heavy (non-hydrogen) atoms. The molecule has 1 heterocycles. The molecule has 2 N–H and O–H groups in total. The highest BCUT2D eigenvalue weighted by atomic mass is 32.2. The molecule has 1 fully saturated rings. The molecule has 1 saturated carbocycles. The van der Waals surface area contributed by atoms with Crippen LogP contribution < -0.4 is 14.2 Å². The van der Waals surface area contributed by atoms with E-state index in [4.69, 9.17) is 14.6 Å². The number of carbonyl (C=O) groups is 1. The van der Waals surface area contributed by atoms with Gasteiger partial charge in [0.15, 0.2) is 6.61 Å². The van der Waals surface area contributed by atoms with Crippen LogP contribution in [0.15, 0.2) is 47.4 Å². The van der Waals surface area contributed by atoms with Crippen molar-refractivity contribution in [3.8, 4) is 11.5 Å². The average molecular weight is 457 g/mol. The van der Waals surface area contributed by atoms with Crippen molar-refractivity contribution in [3.63, 3.8) is 0 Å². The summed E-state index contributed by atoms with van der Waals surface area (Å²) in [6.07, 6.45) is -3.88. The van der Waals surface area contributed by atoms with E-state index in [1.54, 1.807) is 18.2 Å². The van der Waals surface area contributed by atoms with Crippen LogP contribution >= 0.6 is 0 Å². The van der Waals surface area contributed by atoms with Crippen LogP contribution in [0.5, 0.6) is 11.5 Å². The van der Waals surface area contributed by atoms with E-state index in [1.807, 2.05) is 0 Å². The summed E-state index contributed by atoms with van der Waals surface area (Å²) in [5.41, 5.74) is -0.350. The predicted octanol–water partition coefficient (Wildman–Crippen LogP) is 3.15. The molecule has 0 spiro atoms. The average Bonchev–Trinajstić information content (AvgIpc) is 3.25. The van der Waals surface area contributed by atoms with Gasteiger partial charge in [-0.25, -0.2) is 17.9 Å². The van der Waals surface area contributed by atoms with Gasteiger partial charge in [0.1, 0.15) is 17.6 Å². The molecule has 11 heteroatoms. The minimum atomic E-state index is -4.56. The fraction of sp³-hybridized carbons (Fsp3) is 0.350. The molecular weight excluding hydrogens is 439 g/mol. The van der Waals surface area contributed by atoms with Crippen LogP contribution in [0.25, 0.3) is 0 Å². The second kappa shape index (κ2) is 7.72. The number of hydrogen-bond acceptors (Lipinski definition) is 5. The zero-order valence-corrected chi connectivity index (χ0v) is 16.7. The first-order chi connectivity index (χ1) is 14.6. The number of hydrogen-bond donors (Lipinski definition) is 2. The normalized spacial score (nSPS) is 22.5. The van der Waals surface area contributed by atoms with Crippen LogP contribution in [0.2, 0.25) is 0 Å². The van der Waals surface area contributed by atoms with Gasteiger partial charge in [0.05, 0.1) is 10.5 Å². The molecule has 0 saturated heterocycles. The summed E-state index contributed by atoms with van der Waals surface area (Å²) in [6.45, 7) is -0.560. The Morgan fingerprint density at radius 3 is 2.52 bits per heavy atom. The first-order valence-electron chi connectivity index (χ1n) is 9.40. The number of fused-ring (bicyclic) bond motifs is 3. The number of carboxylic acids is 1. The van der Waals surface area contributed by atoms with Gasteiger partial charge in [-0.15, -0.1) is 0 Å². The number of ether oxygens (including phenoxy) is 2. The maximum atomic E-state index is 12.8. The van der Waals surface area contributed by atoms with E-state index in [2.05, 4.69) is 4.72 Å². The number of aliphatic carboxylic acids is 1. The number of benzene rings is 2. The highest BCUT2D eigenvalue weighted by Gasteiger charge is 2.47. The molecular formula is C20H18F3NO6S. The molecule has 0 bridgehead atoms. The van der Waals surface area contributed by atoms with Crippen LogP contribution in [0.1, 0.15) is 29.9 Å². The van der Waals surface area contributed by atoms with Crippen molar-refractivity contribution < 1.29 is 41.0 Å². The molecule has 1 aliphatic heterocycles. The maximum Gasteiger partial charge on any atom is 0.416 e. The lowest BCUT2D eigenvalue weighted by atomic mass is 9.93. The van der Waals surface area contributed by atoms with E-state index in [-0.39, 0.29) is 11.0 Å². The highest BCUT2D eigenvalue weighted by Crippen LogP contribution is 2.51. The number of rotatable bonds is 6. The number of halogens is 3. The van der Waals surface area contributed by atoms with Gasteiger partial charge in [-0.05, 0) is 49.2 Å². The summed E-state index contributed by atoms with van der Waals surface area (Å²) < 4.78 is 77.7. The molecule has 2 aromatic rings. The Morgan fingerprint density at radius 1 is 1.16 bits per heavy atom. The van der Waals surface area contributed by atoms with Gasteiger partial charge in [0.25, 0.3) is 0 Å². The summed E-state index contributed by atoms with van der Waals surface area (Å²) in [5, 5.41) is 8.89. The molecule has 0 amide bonds. The van der Waals surface area contributed by atoms with E-state index in [9.17, 15) is 26.4 Å². The van der Waals surface area contributed by atoms with Crippen molar-refractivity contribution in [2.45, 2.75) is 42.0 Å². The van der Waals surface area contributed by atoms with Gasteiger partial charge in [-0.3, -0.25) is 0 Å². The minimum absolute atomic E-state index is 0.279. The maximum absolute atomic E-state index is 12.8. The summed E-state index contributed by atoms with van der Waals surface area (Å²) in [6, 6.07) is 7.62. The zero-order chi connectivity index (χ0) is 22.4. The van der Waals surface area contributed by atoms with Crippen molar-refractivity contribution >= 4 is 16.0 Å². The Morgan fingerprint density at radius 2 is 1.87 bits per heavy atom. The van der Waals surface area contributed by atoms with Crippen LogP contribution in [0.3, 0.4) is 0 Å². The third-order valence-corrected chi connectivity index (χ3v) is 6.89. The topological polar surface area (TPSA) is 102 Å². The molecule has 2 aromatic carbocycles. The Kier molecular flexibility index (Phi) is 5.34. The number of sulfonamides is 1.